The molecule has 0 aliphatic heterocycles. The van der Waals surface area contributed by atoms with E-state index in [0.29, 0.717) is 22.0 Å². The molecule has 18 heavy (non-hydrogen) atoms. The number of hydrogen-bond acceptors (Lipinski definition) is 3. The average molecular weight is 285 g/mol. The van der Waals surface area contributed by atoms with E-state index in [9.17, 15) is 4.79 Å². The van der Waals surface area contributed by atoms with Gasteiger partial charge < -0.3 is 15.3 Å². The molecule has 0 aromatic carbocycles. The molecule has 0 unspecified atom stereocenters. The highest BCUT2D eigenvalue weighted by molar-refractivity contribution is 7.71. The Bertz CT molecular complexity index is 673. The maximum absolute atomic E-state index is 11.4. The number of hydrogen-bond donors (Lipinski definition) is 2. The van der Waals surface area contributed by atoms with Crippen LogP contribution in [0.5, 0.6) is 0 Å². The number of halogens is 1. The van der Waals surface area contributed by atoms with Crippen LogP contribution >= 0.6 is 23.8 Å². The lowest BCUT2D eigenvalue weighted by molar-refractivity contribution is -0.126. The molecule has 0 bridgehead atoms. The molecule has 5 nitrogen and oxygen atoms in total. The van der Waals surface area contributed by atoms with Crippen molar-refractivity contribution in [1.29, 1.82) is 0 Å². The second-order valence-electron chi connectivity index (χ2n) is 4.79. The quantitative estimate of drug-likeness (QED) is 0.849. The van der Waals surface area contributed by atoms with Crippen molar-refractivity contribution in [1.82, 2.24) is 14.5 Å². The molecule has 0 spiro atoms. The Labute approximate surface area is 114 Å². The predicted octanol–water partition coefficient (Wildman–Crippen LogP) is 2.26. The Morgan fingerprint density at radius 3 is 2.94 bits per heavy atom. The highest BCUT2D eigenvalue weighted by Gasteiger charge is 2.26. The van der Waals surface area contributed by atoms with Gasteiger partial charge in [0.1, 0.15) is 0 Å². The first-order chi connectivity index (χ1) is 8.31. The fourth-order valence-electron chi connectivity index (χ4n) is 1.64. The third-order valence-corrected chi connectivity index (χ3v) is 3.33. The van der Waals surface area contributed by atoms with Crippen LogP contribution in [0.3, 0.4) is 0 Å². The van der Waals surface area contributed by atoms with E-state index in [-0.39, 0.29) is 5.91 Å². The summed E-state index contributed by atoms with van der Waals surface area (Å²) in [5.41, 5.74) is 6.08. The van der Waals surface area contributed by atoms with Crippen molar-refractivity contribution in [3.05, 3.63) is 22.1 Å². The highest BCUT2D eigenvalue weighted by atomic mass is 35.5. The van der Waals surface area contributed by atoms with E-state index < -0.39 is 5.41 Å². The van der Waals surface area contributed by atoms with E-state index in [0.717, 1.165) is 5.52 Å². The molecule has 0 aliphatic rings. The number of rotatable bonds is 3. The lowest BCUT2D eigenvalue weighted by Crippen LogP contribution is -2.35. The van der Waals surface area contributed by atoms with E-state index >= 15 is 0 Å². The number of aromatic nitrogens is 3. The minimum Gasteiger partial charge on any atom is -0.369 e. The number of carbonyl (C=O) groups is 1. The van der Waals surface area contributed by atoms with Crippen LogP contribution in [0.15, 0.2) is 12.3 Å². The van der Waals surface area contributed by atoms with Crippen LogP contribution in [-0.4, -0.2) is 20.4 Å². The number of carbonyl (C=O) groups excluding carboxylic acids is 1. The second kappa shape index (κ2) is 4.37. The third kappa shape index (κ3) is 2.26. The number of amides is 1. The Morgan fingerprint density at radius 2 is 2.33 bits per heavy atom. The Balaban J connectivity index is 2.55. The van der Waals surface area contributed by atoms with E-state index in [4.69, 9.17) is 29.6 Å². The van der Waals surface area contributed by atoms with Gasteiger partial charge in [-0.15, -0.1) is 0 Å². The maximum atomic E-state index is 11.4. The number of aromatic amines is 1. The van der Waals surface area contributed by atoms with Crippen LogP contribution in [0.4, 0.5) is 0 Å². The zero-order chi connectivity index (χ0) is 13.5. The largest absolute Gasteiger partial charge is 0.369 e. The van der Waals surface area contributed by atoms with Crippen molar-refractivity contribution in [2.24, 2.45) is 11.1 Å². The number of nitrogens with zero attached hydrogens (tertiary/aromatic N) is 2. The molecule has 0 saturated carbocycles. The summed E-state index contributed by atoms with van der Waals surface area (Å²) in [6.45, 7) is 3.91. The number of primary amides is 1. The van der Waals surface area contributed by atoms with E-state index in [2.05, 4.69) is 9.97 Å². The standard InChI is InChI=1S/C11H13ClN4OS/c1-11(2,9(13)17)5-16-8-7(15-10(16)18)3-6(12)4-14-8/h3-4H,5H2,1-2H3,(H2,13,17)(H,15,18). The molecule has 3 N–H and O–H groups in total. The second-order valence-corrected chi connectivity index (χ2v) is 5.61. The normalized spacial score (nSPS) is 11.9. The Hall–Kier alpha value is -1.40. The smallest absolute Gasteiger partial charge is 0.224 e. The van der Waals surface area contributed by atoms with Crippen LogP contribution < -0.4 is 5.73 Å². The van der Waals surface area contributed by atoms with E-state index in [1.54, 1.807) is 30.7 Å². The van der Waals surface area contributed by atoms with Gasteiger partial charge in [0.15, 0.2) is 10.4 Å². The lowest BCUT2D eigenvalue weighted by Gasteiger charge is -2.20. The molecule has 0 saturated heterocycles. The summed E-state index contributed by atoms with van der Waals surface area (Å²) < 4.78 is 2.25. The van der Waals surface area contributed by atoms with Crippen molar-refractivity contribution < 1.29 is 4.79 Å². The zero-order valence-corrected chi connectivity index (χ0v) is 11.6. The van der Waals surface area contributed by atoms with Crippen molar-refractivity contribution >= 4 is 40.9 Å². The molecule has 7 heteroatoms. The van der Waals surface area contributed by atoms with Crippen molar-refractivity contribution in [2.75, 3.05) is 0 Å². The number of imidazole rings is 1. The SMILES string of the molecule is CC(C)(Cn1c(=S)[nH]c2cc(Cl)cnc21)C(N)=O. The molecule has 1 amide bonds. The van der Waals surface area contributed by atoms with Gasteiger partial charge in [0.25, 0.3) is 0 Å². The van der Waals surface area contributed by atoms with Crippen molar-refractivity contribution in [2.45, 2.75) is 20.4 Å². The molecule has 0 fully saturated rings. The van der Waals surface area contributed by atoms with E-state index in [1.165, 1.54) is 0 Å². The minimum atomic E-state index is -0.700. The van der Waals surface area contributed by atoms with Gasteiger partial charge in [-0.2, -0.15) is 0 Å². The molecule has 96 valence electrons. The fourth-order valence-corrected chi connectivity index (χ4v) is 2.06. The van der Waals surface area contributed by atoms with Gasteiger partial charge in [-0.25, -0.2) is 4.98 Å². The van der Waals surface area contributed by atoms with Gasteiger partial charge in [0.2, 0.25) is 5.91 Å². The molecule has 2 rings (SSSR count). The van der Waals surface area contributed by atoms with Crippen molar-refractivity contribution in [3.63, 3.8) is 0 Å². The first-order valence-corrected chi connectivity index (χ1v) is 6.14. The molecule has 2 heterocycles. The summed E-state index contributed by atoms with van der Waals surface area (Å²) in [5.74, 6) is -0.382. The first-order valence-electron chi connectivity index (χ1n) is 5.35. The summed E-state index contributed by atoms with van der Waals surface area (Å²) in [6.07, 6.45) is 1.54. The topological polar surface area (TPSA) is 76.7 Å². The third-order valence-electron chi connectivity index (χ3n) is 2.80. The van der Waals surface area contributed by atoms with Crippen molar-refractivity contribution in [3.8, 4) is 0 Å². The average Bonchev–Trinajstić information content (AvgIpc) is 2.54. The van der Waals surface area contributed by atoms with Gasteiger partial charge in [0.05, 0.1) is 16.0 Å². The molecule has 2 aromatic heterocycles. The minimum absolute atomic E-state index is 0.371. The number of pyridine rings is 1. The maximum Gasteiger partial charge on any atom is 0.224 e. The predicted molar refractivity (Wildman–Crippen MR) is 72.9 cm³/mol. The van der Waals surface area contributed by atoms with Gasteiger partial charge in [0, 0.05) is 12.7 Å². The van der Waals surface area contributed by atoms with Gasteiger partial charge in [-0.1, -0.05) is 11.6 Å². The summed E-state index contributed by atoms with van der Waals surface area (Å²) in [6, 6.07) is 1.74. The number of nitrogens with one attached hydrogen (secondary N) is 1. The molecule has 0 radical (unpaired) electrons. The first kappa shape index (κ1) is 13.0. The van der Waals surface area contributed by atoms with Gasteiger partial charge >= 0.3 is 0 Å². The summed E-state index contributed by atoms with van der Waals surface area (Å²) >= 11 is 11.1. The Morgan fingerprint density at radius 1 is 1.67 bits per heavy atom. The Kier molecular flexibility index (Phi) is 3.16. The highest BCUT2D eigenvalue weighted by Crippen LogP contribution is 2.22. The lowest BCUT2D eigenvalue weighted by atomic mass is 9.93. The zero-order valence-electron chi connectivity index (χ0n) is 10.0. The molecular weight excluding hydrogens is 272 g/mol. The summed E-state index contributed by atoms with van der Waals surface area (Å²) in [4.78, 5) is 18.6. The number of H-pyrrole nitrogens is 1. The molecule has 0 aliphatic carbocycles. The van der Waals surface area contributed by atoms with Crippen LogP contribution in [0, 0.1) is 10.2 Å². The van der Waals surface area contributed by atoms with Crippen LogP contribution in [-0.2, 0) is 11.3 Å². The number of fused-ring (bicyclic) bond motifs is 1. The van der Waals surface area contributed by atoms with Gasteiger partial charge in [-0.3, -0.25) is 4.79 Å². The van der Waals surface area contributed by atoms with Gasteiger partial charge in [-0.05, 0) is 32.1 Å². The van der Waals surface area contributed by atoms with Crippen LogP contribution in [0.1, 0.15) is 13.8 Å². The summed E-state index contributed by atoms with van der Waals surface area (Å²) in [7, 11) is 0. The fraction of sp³-hybridized carbons (Fsp3) is 0.364. The molecule has 0 atom stereocenters. The van der Waals surface area contributed by atoms with Crippen LogP contribution in [0.25, 0.3) is 11.2 Å². The molecular formula is C11H13ClN4OS. The van der Waals surface area contributed by atoms with Crippen LogP contribution in [0.2, 0.25) is 5.02 Å². The molecule has 2 aromatic rings. The summed E-state index contributed by atoms with van der Waals surface area (Å²) in [5, 5.41) is 0.528. The number of nitrogens with two attached hydrogens (primary N) is 1. The monoisotopic (exact) mass is 284 g/mol. The van der Waals surface area contributed by atoms with E-state index in [1.807, 2.05) is 0 Å².